The Morgan fingerprint density at radius 1 is 1.06 bits per heavy atom. The third-order valence-corrected chi connectivity index (χ3v) is 6.06. The largest absolute Gasteiger partial charge is 0.334 e. The van der Waals surface area contributed by atoms with E-state index in [4.69, 9.17) is 11.6 Å². The molecule has 2 amide bonds. The number of nitrogens with one attached hydrogen (secondary N) is 2. The minimum absolute atomic E-state index is 0.272. The normalized spacial score (nSPS) is 19.1. The molecule has 1 fully saturated rings. The van der Waals surface area contributed by atoms with E-state index in [-0.39, 0.29) is 11.8 Å². The summed E-state index contributed by atoms with van der Waals surface area (Å²) in [6.45, 7) is 6.23. The van der Waals surface area contributed by atoms with Gasteiger partial charge in [0.15, 0.2) is 6.04 Å². The fourth-order valence-electron chi connectivity index (χ4n) is 3.98. The number of benzene rings is 3. The molecule has 3 aromatic carbocycles. The maximum atomic E-state index is 13.0. The van der Waals surface area contributed by atoms with Gasteiger partial charge in [0.2, 0.25) is 12.3 Å². The Labute approximate surface area is 199 Å². The first-order valence-electron chi connectivity index (χ1n) is 11.0. The van der Waals surface area contributed by atoms with Gasteiger partial charge in [-0.1, -0.05) is 67.4 Å². The van der Waals surface area contributed by atoms with E-state index < -0.39 is 12.1 Å². The lowest BCUT2D eigenvalue weighted by molar-refractivity contribution is -0.596. The summed E-state index contributed by atoms with van der Waals surface area (Å²) in [6, 6.07) is 21.6. The quantitative estimate of drug-likeness (QED) is 0.538. The molecule has 1 aliphatic heterocycles. The third kappa shape index (κ3) is 5.15. The summed E-state index contributed by atoms with van der Waals surface area (Å²) >= 11 is 6.10. The maximum Gasteiger partial charge on any atom is 0.304 e. The van der Waals surface area contributed by atoms with Crippen LogP contribution in [0.4, 0.5) is 0 Å². The molecule has 6 heteroatoms. The maximum absolute atomic E-state index is 13.0. The van der Waals surface area contributed by atoms with Crippen molar-refractivity contribution in [3.8, 4) is 0 Å². The number of hydrazine groups is 1. The zero-order valence-electron chi connectivity index (χ0n) is 18.9. The van der Waals surface area contributed by atoms with Gasteiger partial charge < -0.3 is 5.32 Å². The van der Waals surface area contributed by atoms with Crippen LogP contribution in [0.25, 0.3) is 0 Å². The van der Waals surface area contributed by atoms with Crippen LogP contribution in [0.15, 0.2) is 72.8 Å². The van der Waals surface area contributed by atoms with Crippen LogP contribution in [0, 0.1) is 6.92 Å². The second-order valence-corrected chi connectivity index (χ2v) is 9.09. The van der Waals surface area contributed by atoms with E-state index in [0.29, 0.717) is 16.5 Å². The molecule has 1 heterocycles. The van der Waals surface area contributed by atoms with Crippen LogP contribution in [-0.2, 0) is 4.79 Å². The summed E-state index contributed by atoms with van der Waals surface area (Å²) in [4.78, 5) is 25.9. The monoisotopic (exact) mass is 460 g/mol. The second-order valence-electron chi connectivity index (χ2n) is 8.65. The number of amides is 2. The zero-order valence-corrected chi connectivity index (χ0v) is 19.6. The highest BCUT2D eigenvalue weighted by molar-refractivity contribution is 6.30. The number of carbonyl (C=O) groups is 2. The topological polar surface area (TPSA) is 61.2 Å². The molecule has 5 nitrogen and oxygen atoms in total. The van der Waals surface area contributed by atoms with Crippen molar-refractivity contribution >= 4 is 29.6 Å². The molecule has 168 valence electrons. The van der Waals surface area contributed by atoms with E-state index in [0.717, 1.165) is 16.7 Å². The standard InChI is InChI=1S/C27H26ClN3O2/c1-17(2)20-9-7-19(8-10-20)16-31-25(21-11-13-23(28)14-12-21)24(27(33)30-31)29-26(32)22-6-4-5-18(3)15-22/h4-17,24-25H,1-3H3,(H-,29,30,32,33)/p+1/b31-16-/t24-,25+/m1/s1. The Hall–Kier alpha value is -3.44. The van der Waals surface area contributed by atoms with Crippen LogP contribution >= 0.6 is 11.6 Å². The van der Waals surface area contributed by atoms with E-state index in [1.807, 2.05) is 49.5 Å². The summed E-state index contributed by atoms with van der Waals surface area (Å²) in [5.41, 5.74) is 7.47. The highest BCUT2D eigenvalue weighted by Crippen LogP contribution is 2.27. The molecule has 2 atom stereocenters. The van der Waals surface area contributed by atoms with Gasteiger partial charge in [0.1, 0.15) is 0 Å². The first-order chi connectivity index (χ1) is 15.8. The van der Waals surface area contributed by atoms with Gasteiger partial charge in [-0.25, -0.2) is 0 Å². The highest BCUT2D eigenvalue weighted by atomic mass is 35.5. The molecule has 0 radical (unpaired) electrons. The number of hydrogen-bond acceptors (Lipinski definition) is 2. The average molecular weight is 461 g/mol. The fraction of sp³-hybridized carbons (Fsp3) is 0.222. The molecule has 3 aromatic rings. The highest BCUT2D eigenvalue weighted by Gasteiger charge is 2.47. The number of rotatable bonds is 5. The van der Waals surface area contributed by atoms with E-state index >= 15 is 0 Å². The minimum atomic E-state index is -0.773. The molecule has 0 spiro atoms. The van der Waals surface area contributed by atoms with Crippen LogP contribution < -0.4 is 10.7 Å². The van der Waals surface area contributed by atoms with Gasteiger partial charge in [0.05, 0.1) is 0 Å². The number of nitrogens with zero attached hydrogens (tertiary/aromatic N) is 1. The van der Waals surface area contributed by atoms with Gasteiger partial charge in [0.25, 0.3) is 5.91 Å². The molecule has 33 heavy (non-hydrogen) atoms. The zero-order chi connectivity index (χ0) is 23.5. The van der Waals surface area contributed by atoms with Crippen LogP contribution in [0.3, 0.4) is 0 Å². The number of carbonyl (C=O) groups excluding carboxylic acids is 2. The van der Waals surface area contributed by atoms with Crippen LogP contribution in [0.2, 0.25) is 5.02 Å². The van der Waals surface area contributed by atoms with E-state index in [1.54, 1.807) is 28.9 Å². The molecule has 0 aromatic heterocycles. The summed E-state index contributed by atoms with van der Waals surface area (Å²) in [6.07, 6.45) is 1.89. The average Bonchev–Trinajstić information content (AvgIpc) is 3.09. The molecule has 0 aliphatic carbocycles. The van der Waals surface area contributed by atoms with Gasteiger partial charge in [-0.05, 0) is 54.8 Å². The molecular formula is C27H27ClN3O2+. The number of hydrazone groups is 1. The van der Waals surface area contributed by atoms with Crippen LogP contribution in [0.1, 0.15) is 58.4 Å². The van der Waals surface area contributed by atoms with Crippen molar-refractivity contribution in [1.82, 2.24) is 10.7 Å². The van der Waals surface area contributed by atoms with Crippen molar-refractivity contribution in [2.75, 3.05) is 0 Å². The van der Waals surface area contributed by atoms with E-state index in [1.165, 1.54) is 5.56 Å². The predicted molar refractivity (Wildman–Crippen MR) is 131 cm³/mol. The summed E-state index contributed by atoms with van der Waals surface area (Å²) in [7, 11) is 0. The van der Waals surface area contributed by atoms with Gasteiger partial charge in [-0.15, -0.1) is 10.1 Å². The van der Waals surface area contributed by atoms with Crippen molar-refractivity contribution in [1.29, 1.82) is 0 Å². The predicted octanol–water partition coefficient (Wildman–Crippen LogP) is 4.79. The van der Waals surface area contributed by atoms with E-state index in [9.17, 15) is 9.59 Å². The lowest BCUT2D eigenvalue weighted by Gasteiger charge is -2.15. The lowest BCUT2D eigenvalue weighted by atomic mass is 9.99. The van der Waals surface area contributed by atoms with E-state index in [2.05, 4.69) is 36.7 Å². The fourth-order valence-corrected chi connectivity index (χ4v) is 4.10. The lowest BCUT2D eigenvalue weighted by Crippen LogP contribution is -2.42. The molecule has 0 bridgehead atoms. The number of hydrogen-bond donors (Lipinski definition) is 2. The molecule has 1 saturated heterocycles. The summed E-state index contributed by atoms with van der Waals surface area (Å²) < 4.78 is 1.76. The van der Waals surface area contributed by atoms with Crippen LogP contribution in [-0.4, -0.2) is 28.8 Å². The van der Waals surface area contributed by atoms with Crippen molar-refractivity contribution in [3.63, 3.8) is 0 Å². The van der Waals surface area contributed by atoms with Crippen molar-refractivity contribution in [2.24, 2.45) is 0 Å². The second kappa shape index (κ2) is 9.59. The Morgan fingerprint density at radius 2 is 1.76 bits per heavy atom. The Kier molecular flexibility index (Phi) is 6.61. The van der Waals surface area contributed by atoms with Crippen molar-refractivity contribution < 1.29 is 14.3 Å². The van der Waals surface area contributed by atoms with Gasteiger partial charge in [-0.2, -0.15) is 0 Å². The SMILES string of the molecule is Cc1cccc(C(=O)N[C@H]2C(=O)N/[N+](=C\c3ccc(C(C)C)cc3)[C@H]2c2ccc(Cl)cc2)c1. The van der Waals surface area contributed by atoms with Gasteiger partial charge >= 0.3 is 5.91 Å². The summed E-state index contributed by atoms with van der Waals surface area (Å²) in [5.74, 6) is -0.125. The number of aryl methyl sites for hydroxylation is 1. The Bertz CT molecular complexity index is 1200. The van der Waals surface area contributed by atoms with Crippen molar-refractivity contribution in [2.45, 2.75) is 38.8 Å². The first kappa shape index (κ1) is 22.7. The minimum Gasteiger partial charge on any atom is -0.334 e. The molecule has 0 unspecified atom stereocenters. The molecule has 4 rings (SSSR count). The molecule has 0 saturated carbocycles. The summed E-state index contributed by atoms with van der Waals surface area (Å²) in [5, 5.41) is 3.54. The first-order valence-corrected chi connectivity index (χ1v) is 11.4. The van der Waals surface area contributed by atoms with Gasteiger partial charge in [-0.3, -0.25) is 9.59 Å². The molecule has 1 aliphatic rings. The number of halogens is 1. The van der Waals surface area contributed by atoms with Crippen LogP contribution in [0.5, 0.6) is 0 Å². The van der Waals surface area contributed by atoms with Gasteiger partial charge in [0, 0.05) is 21.7 Å². The Balaban J connectivity index is 1.69. The van der Waals surface area contributed by atoms with Crippen molar-refractivity contribution in [3.05, 3.63) is 106 Å². The smallest absolute Gasteiger partial charge is 0.304 e. The molecule has 2 N–H and O–H groups in total. The molecular weight excluding hydrogens is 434 g/mol. The Morgan fingerprint density at radius 3 is 2.39 bits per heavy atom. The third-order valence-electron chi connectivity index (χ3n) is 5.81.